The van der Waals surface area contributed by atoms with E-state index in [1.54, 1.807) is 22.7 Å². The molecule has 5 heteroatoms. The van der Waals surface area contributed by atoms with Gasteiger partial charge in [-0.25, -0.2) is 4.79 Å². The highest BCUT2D eigenvalue weighted by atomic mass is 32.1. The van der Waals surface area contributed by atoms with Crippen molar-refractivity contribution in [3.8, 4) is 0 Å². The summed E-state index contributed by atoms with van der Waals surface area (Å²) >= 11 is 3.46. The van der Waals surface area contributed by atoms with E-state index >= 15 is 0 Å². The van der Waals surface area contributed by atoms with Crippen molar-refractivity contribution in [3.05, 3.63) is 54.7 Å². The second-order valence-corrected chi connectivity index (χ2v) is 9.17. The standard InChI is InChI=1S/C19H21NO2S2/c1-10-7-14(12(3)23-10)17-16(9-20(5)6)22-19(21)18(17)15-8-11(2)24-13(15)4/h7-9H,1-6H3. The molecular formula is C19H21NO2S2. The summed E-state index contributed by atoms with van der Waals surface area (Å²) in [6.07, 6.45) is 1.88. The lowest BCUT2D eigenvalue weighted by molar-refractivity contribution is -0.131. The van der Waals surface area contributed by atoms with Crippen molar-refractivity contribution in [3.63, 3.8) is 0 Å². The lowest BCUT2D eigenvalue weighted by Gasteiger charge is -2.09. The van der Waals surface area contributed by atoms with Crippen LogP contribution in [0.25, 0.3) is 11.1 Å². The highest BCUT2D eigenvalue weighted by Crippen LogP contribution is 2.44. The van der Waals surface area contributed by atoms with Crippen LogP contribution in [0.5, 0.6) is 0 Å². The molecule has 3 rings (SSSR count). The molecule has 0 spiro atoms. The molecule has 0 aliphatic carbocycles. The molecule has 2 aromatic heterocycles. The number of carbonyl (C=O) groups excluding carboxylic acids is 1. The number of rotatable bonds is 3. The van der Waals surface area contributed by atoms with Crippen LogP contribution in [-0.2, 0) is 9.53 Å². The first-order valence-corrected chi connectivity index (χ1v) is 9.41. The Morgan fingerprint density at radius 1 is 0.917 bits per heavy atom. The number of aryl methyl sites for hydroxylation is 4. The lowest BCUT2D eigenvalue weighted by atomic mass is 9.95. The molecule has 0 radical (unpaired) electrons. The molecule has 1 aliphatic rings. The Hall–Kier alpha value is -1.85. The second kappa shape index (κ2) is 6.22. The van der Waals surface area contributed by atoms with E-state index in [0.29, 0.717) is 11.3 Å². The number of thiophene rings is 2. The van der Waals surface area contributed by atoms with E-state index in [1.807, 2.05) is 25.2 Å². The summed E-state index contributed by atoms with van der Waals surface area (Å²) in [5, 5.41) is 0. The Kier molecular flexibility index (Phi) is 4.40. The van der Waals surface area contributed by atoms with Crippen molar-refractivity contribution >= 4 is 39.8 Å². The Morgan fingerprint density at radius 3 is 1.83 bits per heavy atom. The third-order valence-corrected chi connectivity index (χ3v) is 5.83. The van der Waals surface area contributed by atoms with Gasteiger partial charge >= 0.3 is 5.97 Å². The van der Waals surface area contributed by atoms with Crippen molar-refractivity contribution < 1.29 is 9.53 Å². The normalized spacial score (nSPS) is 16.2. The van der Waals surface area contributed by atoms with Crippen LogP contribution in [0.3, 0.4) is 0 Å². The first-order chi connectivity index (χ1) is 11.3. The van der Waals surface area contributed by atoms with Gasteiger partial charge in [-0.2, -0.15) is 0 Å². The first kappa shape index (κ1) is 17.0. The van der Waals surface area contributed by atoms with Gasteiger partial charge in [-0.15, -0.1) is 22.7 Å². The predicted octanol–water partition coefficient (Wildman–Crippen LogP) is 4.91. The van der Waals surface area contributed by atoms with Crippen molar-refractivity contribution in [2.75, 3.05) is 14.1 Å². The van der Waals surface area contributed by atoms with Gasteiger partial charge in [0.05, 0.1) is 5.57 Å². The average molecular weight is 360 g/mol. The molecule has 0 saturated heterocycles. The van der Waals surface area contributed by atoms with Crippen LogP contribution < -0.4 is 0 Å². The van der Waals surface area contributed by atoms with Gasteiger partial charge in [-0.3, -0.25) is 0 Å². The molecular weight excluding hydrogens is 338 g/mol. The van der Waals surface area contributed by atoms with E-state index in [1.165, 1.54) is 14.6 Å². The minimum Gasteiger partial charge on any atom is -0.421 e. The predicted molar refractivity (Wildman–Crippen MR) is 102 cm³/mol. The zero-order valence-electron chi connectivity index (χ0n) is 14.8. The average Bonchev–Trinajstić information content (AvgIpc) is 3.05. The van der Waals surface area contributed by atoms with Gasteiger partial charge in [0.1, 0.15) is 0 Å². The monoisotopic (exact) mass is 359 g/mol. The fourth-order valence-electron chi connectivity index (χ4n) is 3.02. The zero-order chi connectivity index (χ0) is 17.6. The van der Waals surface area contributed by atoms with E-state index in [2.05, 4.69) is 39.8 Å². The van der Waals surface area contributed by atoms with Crippen LogP contribution in [0.15, 0.2) is 24.1 Å². The van der Waals surface area contributed by atoms with Crippen LogP contribution in [0, 0.1) is 27.7 Å². The number of ether oxygens (including phenoxy) is 1. The van der Waals surface area contributed by atoms with Crippen LogP contribution in [0.1, 0.15) is 30.6 Å². The van der Waals surface area contributed by atoms with E-state index in [-0.39, 0.29) is 5.97 Å². The molecule has 0 aromatic carbocycles. The molecule has 3 heterocycles. The van der Waals surface area contributed by atoms with Crippen LogP contribution in [0.2, 0.25) is 0 Å². The number of nitrogens with zero attached hydrogens (tertiary/aromatic N) is 1. The maximum Gasteiger partial charge on any atom is 0.345 e. The number of hydrogen-bond acceptors (Lipinski definition) is 5. The van der Waals surface area contributed by atoms with Crippen LogP contribution in [0.4, 0.5) is 0 Å². The SMILES string of the molecule is Cc1cc(C2=C(c3cc(C)sc3C)C(=CN(C)C)OC2=O)c(C)s1. The Bertz CT molecular complexity index is 881. The van der Waals surface area contributed by atoms with Crippen LogP contribution >= 0.6 is 22.7 Å². The van der Waals surface area contributed by atoms with Crippen LogP contribution in [-0.4, -0.2) is 25.0 Å². The van der Waals surface area contributed by atoms with Crippen molar-refractivity contribution in [2.45, 2.75) is 27.7 Å². The Labute approximate surface area is 150 Å². The van der Waals surface area contributed by atoms with Gasteiger partial charge in [0, 0.05) is 56.5 Å². The molecule has 0 amide bonds. The van der Waals surface area contributed by atoms with Gasteiger partial charge in [0.2, 0.25) is 0 Å². The Balaban J connectivity index is 2.32. The van der Waals surface area contributed by atoms with Gasteiger partial charge in [0.15, 0.2) is 5.76 Å². The second-order valence-electron chi connectivity index (χ2n) is 6.25. The van der Waals surface area contributed by atoms with E-state index < -0.39 is 0 Å². The number of hydrogen-bond donors (Lipinski definition) is 0. The number of carbonyl (C=O) groups is 1. The fourth-order valence-corrected chi connectivity index (χ4v) is 4.88. The van der Waals surface area contributed by atoms with Crippen molar-refractivity contribution in [2.24, 2.45) is 0 Å². The van der Waals surface area contributed by atoms with E-state index in [0.717, 1.165) is 21.6 Å². The minimum absolute atomic E-state index is 0.262. The topological polar surface area (TPSA) is 29.5 Å². The fraction of sp³-hybridized carbons (Fsp3) is 0.316. The maximum atomic E-state index is 12.7. The van der Waals surface area contributed by atoms with Gasteiger partial charge < -0.3 is 9.64 Å². The molecule has 0 unspecified atom stereocenters. The number of allylic oxidation sites excluding steroid dienone is 1. The van der Waals surface area contributed by atoms with E-state index in [4.69, 9.17) is 4.74 Å². The summed E-state index contributed by atoms with van der Waals surface area (Å²) in [7, 11) is 3.87. The molecule has 3 nitrogen and oxygen atoms in total. The first-order valence-electron chi connectivity index (χ1n) is 7.77. The molecule has 2 aromatic rings. The number of cyclic esters (lactones) is 1. The summed E-state index contributed by atoms with van der Waals surface area (Å²) in [5.74, 6) is 0.367. The van der Waals surface area contributed by atoms with E-state index in [9.17, 15) is 4.79 Å². The Morgan fingerprint density at radius 2 is 1.42 bits per heavy atom. The molecule has 1 aliphatic heterocycles. The van der Waals surface area contributed by atoms with Crippen molar-refractivity contribution in [1.82, 2.24) is 4.90 Å². The minimum atomic E-state index is -0.262. The molecule has 0 bridgehead atoms. The van der Waals surface area contributed by atoms with Gasteiger partial charge in [-0.05, 0) is 39.8 Å². The zero-order valence-corrected chi connectivity index (χ0v) is 16.4. The van der Waals surface area contributed by atoms with Crippen molar-refractivity contribution in [1.29, 1.82) is 0 Å². The summed E-state index contributed by atoms with van der Waals surface area (Å²) < 4.78 is 5.65. The quantitative estimate of drug-likeness (QED) is 0.729. The third kappa shape index (κ3) is 2.94. The molecule has 0 atom stereocenters. The third-order valence-electron chi connectivity index (χ3n) is 3.90. The summed E-state index contributed by atoms with van der Waals surface area (Å²) in [6, 6.07) is 4.24. The van der Waals surface area contributed by atoms with Gasteiger partial charge in [-0.1, -0.05) is 0 Å². The maximum absolute atomic E-state index is 12.7. The molecule has 24 heavy (non-hydrogen) atoms. The molecule has 0 fully saturated rings. The molecule has 126 valence electrons. The highest BCUT2D eigenvalue weighted by molar-refractivity contribution is 7.12. The largest absolute Gasteiger partial charge is 0.421 e. The lowest BCUT2D eigenvalue weighted by Crippen LogP contribution is -2.04. The van der Waals surface area contributed by atoms with Gasteiger partial charge in [0.25, 0.3) is 0 Å². The summed E-state index contributed by atoms with van der Waals surface area (Å²) in [4.78, 5) is 19.4. The highest BCUT2D eigenvalue weighted by Gasteiger charge is 2.34. The molecule has 0 saturated carbocycles. The summed E-state index contributed by atoms with van der Waals surface area (Å²) in [5.41, 5.74) is 3.68. The smallest absolute Gasteiger partial charge is 0.345 e. The molecule has 0 N–H and O–H groups in total. The number of esters is 1. The summed E-state index contributed by atoms with van der Waals surface area (Å²) in [6.45, 7) is 8.32.